The summed E-state index contributed by atoms with van der Waals surface area (Å²) in [7, 11) is 1.80. The van der Waals surface area contributed by atoms with E-state index in [1.165, 1.54) is 0 Å². The fourth-order valence-electron chi connectivity index (χ4n) is 2.40. The van der Waals surface area contributed by atoms with Crippen LogP contribution in [0.4, 0.5) is 0 Å². The molecule has 1 heterocycles. The van der Waals surface area contributed by atoms with Gasteiger partial charge in [-0.15, -0.1) is 0 Å². The highest BCUT2D eigenvalue weighted by molar-refractivity contribution is 5.81. The lowest BCUT2D eigenvalue weighted by atomic mass is 9.83. The molecule has 0 atom stereocenters. The van der Waals surface area contributed by atoms with Crippen LogP contribution in [0.1, 0.15) is 31.4 Å². The summed E-state index contributed by atoms with van der Waals surface area (Å²) in [6.07, 6.45) is 5.14. The minimum Gasteiger partial charge on any atom is -0.481 e. The normalized spacial score (nSPS) is 19.8. The van der Waals surface area contributed by atoms with Crippen molar-refractivity contribution in [1.29, 1.82) is 0 Å². The molecule has 0 spiro atoms. The Morgan fingerprint density at radius 1 is 1.57 bits per heavy atom. The van der Waals surface area contributed by atoms with Gasteiger partial charge in [-0.05, 0) is 18.9 Å². The van der Waals surface area contributed by atoms with Crippen molar-refractivity contribution in [3.63, 3.8) is 0 Å². The molecule has 0 bridgehead atoms. The smallest absolute Gasteiger partial charge is 0.315 e. The molecular weight excluding hydrogens is 180 g/mol. The van der Waals surface area contributed by atoms with E-state index in [-0.39, 0.29) is 0 Å². The maximum absolute atomic E-state index is 11.3. The van der Waals surface area contributed by atoms with E-state index in [2.05, 4.69) is 5.10 Å². The van der Waals surface area contributed by atoms with Crippen molar-refractivity contribution in [3.8, 4) is 0 Å². The third-order valence-corrected chi connectivity index (χ3v) is 3.18. The van der Waals surface area contributed by atoms with E-state index in [1.807, 2.05) is 6.07 Å². The topological polar surface area (TPSA) is 55.1 Å². The average Bonchev–Trinajstić information content (AvgIpc) is 2.72. The van der Waals surface area contributed by atoms with Gasteiger partial charge in [0.15, 0.2) is 0 Å². The predicted octanol–water partition coefficient (Wildman–Crippen LogP) is 1.32. The van der Waals surface area contributed by atoms with Gasteiger partial charge in [0.2, 0.25) is 0 Å². The van der Waals surface area contributed by atoms with Crippen LogP contribution in [-0.4, -0.2) is 20.9 Å². The van der Waals surface area contributed by atoms with Crippen LogP contribution in [0.25, 0.3) is 0 Å². The van der Waals surface area contributed by atoms with E-state index >= 15 is 0 Å². The fourth-order valence-corrected chi connectivity index (χ4v) is 2.40. The Bertz CT molecular complexity index is 351. The molecule has 1 aromatic rings. The van der Waals surface area contributed by atoms with Gasteiger partial charge in [0.1, 0.15) is 5.41 Å². The number of carboxylic acid groups (broad SMARTS) is 1. The Morgan fingerprint density at radius 2 is 2.21 bits per heavy atom. The number of aromatic nitrogens is 2. The highest BCUT2D eigenvalue weighted by Gasteiger charge is 2.44. The van der Waals surface area contributed by atoms with Crippen molar-refractivity contribution in [2.45, 2.75) is 31.1 Å². The lowest BCUT2D eigenvalue weighted by molar-refractivity contribution is -0.143. The second-order valence-electron chi connectivity index (χ2n) is 3.93. The molecule has 4 nitrogen and oxygen atoms in total. The van der Waals surface area contributed by atoms with Crippen LogP contribution in [-0.2, 0) is 17.3 Å². The molecule has 0 unspecified atom stereocenters. The molecular formula is C10H14N2O2. The molecule has 1 fully saturated rings. The first kappa shape index (κ1) is 9.24. The SMILES string of the molecule is Cn1nccc1C1(C(=O)O)CCCC1. The Kier molecular flexibility index (Phi) is 2.06. The van der Waals surface area contributed by atoms with Crippen molar-refractivity contribution in [2.75, 3.05) is 0 Å². The van der Waals surface area contributed by atoms with Gasteiger partial charge in [0.05, 0.1) is 5.69 Å². The zero-order valence-electron chi connectivity index (χ0n) is 8.23. The molecule has 1 aliphatic rings. The van der Waals surface area contributed by atoms with E-state index in [0.29, 0.717) is 0 Å². The summed E-state index contributed by atoms with van der Waals surface area (Å²) >= 11 is 0. The van der Waals surface area contributed by atoms with Gasteiger partial charge in [-0.2, -0.15) is 5.10 Å². The molecule has 0 amide bonds. The van der Waals surface area contributed by atoms with Crippen LogP contribution in [0.15, 0.2) is 12.3 Å². The molecule has 1 N–H and O–H groups in total. The molecule has 1 aliphatic carbocycles. The van der Waals surface area contributed by atoms with Crippen LogP contribution in [0, 0.1) is 0 Å². The molecule has 0 aromatic carbocycles. The van der Waals surface area contributed by atoms with Gasteiger partial charge in [0, 0.05) is 13.2 Å². The summed E-state index contributed by atoms with van der Waals surface area (Å²) in [5.41, 5.74) is 0.160. The molecule has 14 heavy (non-hydrogen) atoms. The maximum Gasteiger partial charge on any atom is 0.315 e. The zero-order valence-corrected chi connectivity index (χ0v) is 8.23. The monoisotopic (exact) mass is 194 g/mol. The van der Waals surface area contributed by atoms with Gasteiger partial charge in [0.25, 0.3) is 0 Å². The summed E-state index contributed by atoms with van der Waals surface area (Å²) in [6, 6.07) is 1.82. The van der Waals surface area contributed by atoms with Crippen molar-refractivity contribution in [3.05, 3.63) is 18.0 Å². The third-order valence-electron chi connectivity index (χ3n) is 3.18. The predicted molar refractivity (Wildman–Crippen MR) is 51.0 cm³/mol. The average molecular weight is 194 g/mol. The lowest BCUT2D eigenvalue weighted by Crippen LogP contribution is -2.34. The first-order valence-corrected chi connectivity index (χ1v) is 4.89. The molecule has 2 rings (SSSR count). The molecule has 76 valence electrons. The van der Waals surface area contributed by atoms with Crippen LogP contribution in [0.3, 0.4) is 0 Å². The van der Waals surface area contributed by atoms with Crippen LogP contribution >= 0.6 is 0 Å². The Hall–Kier alpha value is -1.32. The van der Waals surface area contributed by atoms with Crippen LogP contribution in [0.5, 0.6) is 0 Å². The maximum atomic E-state index is 11.3. The van der Waals surface area contributed by atoms with E-state index in [4.69, 9.17) is 0 Å². The highest BCUT2D eigenvalue weighted by Crippen LogP contribution is 2.40. The van der Waals surface area contributed by atoms with Crippen molar-refractivity contribution < 1.29 is 9.90 Å². The lowest BCUT2D eigenvalue weighted by Gasteiger charge is -2.23. The third kappa shape index (κ3) is 1.14. The van der Waals surface area contributed by atoms with Gasteiger partial charge in [-0.1, -0.05) is 12.8 Å². The van der Waals surface area contributed by atoms with Gasteiger partial charge >= 0.3 is 5.97 Å². The van der Waals surface area contributed by atoms with Gasteiger partial charge < -0.3 is 5.11 Å². The number of rotatable bonds is 2. The number of hydrogen-bond donors (Lipinski definition) is 1. The van der Waals surface area contributed by atoms with Crippen LogP contribution < -0.4 is 0 Å². The van der Waals surface area contributed by atoms with E-state index in [1.54, 1.807) is 17.9 Å². The number of nitrogens with zero attached hydrogens (tertiary/aromatic N) is 2. The Labute approximate surface area is 82.5 Å². The molecule has 0 radical (unpaired) electrons. The second kappa shape index (κ2) is 3.12. The van der Waals surface area contributed by atoms with Gasteiger partial charge in [-0.3, -0.25) is 9.48 Å². The summed E-state index contributed by atoms with van der Waals surface area (Å²) < 4.78 is 1.68. The zero-order chi connectivity index (χ0) is 10.2. The quantitative estimate of drug-likeness (QED) is 0.772. The van der Waals surface area contributed by atoms with E-state index in [9.17, 15) is 9.90 Å². The highest BCUT2D eigenvalue weighted by atomic mass is 16.4. The number of carboxylic acids is 1. The molecule has 0 saturated heterocycles. The number of aryl methyl sites for hydroxylation is 1. The van der Waals surface area contributed by atoms with Gasteiger partial charge in [-0.25, -0.2) is 0 Å². The summed E-state index contributed by atoms with van der Waals surface area (Å²) in [5.74, 6) is -0.710. The van der Waals surface area contributed by atoms with Crippen molar-refractivity contribution in [2.24, 2.45) is 7.05 Å². The standard InChI is InChI=1S/C10H14N2O2/c1-12-8(4-7-11-12)10(9(13)14)5-2-3-6-10/h4,7H,2-3,5-6H2,1H3,(H,13,14). The van der Waals surface area contributed by atoms with Crippen molar-refractivity contribution in [1.82, 2.24) is 9.78 Å². The molecule has 1 saturated carbocycles. The number of carbonyl (C=O) groups is 1. The van der Waals surface area contributed by atoms with Crippen LogP contribution in [0.2, 0.25) is 0 Å². The first-order chi connectivity index (χ1) is 6.67. The first-order valence-electron chi connectivity index (χ1n) is 4.89. The van der Waals surface area contributed by atoms with Crippen molar-refractivity contribution >= 4 is 5.97 Å². The minimum absolute atomic E-state index is 0.675. The molecule has 4 heteroatoms. The Balaban J connectivity index is 2.46. The summed E-state index contributed by atoms with van der Waals surface area (Å²) in [5, 5.41) is 13.4. The fraction of sp³-hybridized carbons (Fsp3) is 0.600. The van der Waals surface area contributed by atoms with E-state index in [0.717, 1.165) is 31.4 Å². The number of aliphatic carboxylic acids is 1. The summed E-state index contributed by atoms with van der Waals surface area (Å²) in [4.78, 5) is 11.3. The minimum atomic E-state index is -0.710. The van der Waals surface area contributed by atoms with E-state index < -0.39 is 11.4 Å². The Morgan fingerprint density at radius 3 is 2.64 bits per heavy atom. The number of hydrogen-bond acceptors (Lipinski definition) is 2. The second-order valence-corrected chi connectivity index (χ2v) is 3.93. The molecule has 1 aromatic heterocycles. The largest absolute Gasteiger partial charge is 0.481 e. The summed E-state index contributed by atoms with van der Waals surface area (Å²) in [6.45, 7) is 0. The molecule has 0 aliphatic heterocycles.